The van der Waals surface area contributed by atoms with E-state index in [0.717, 1.165) is 22.4 Å². The van der Waals surface area contributed by atoms with E-state index in [0.29, 0.717) is 35.0 Å². The Morgan fingerprint density at radius 1 is 0.857 bits per heavy atom. The number of rotatable bonds is 6. The van der Waals surface area contributed by atoms with Crippen molar-refractivity contribution in [2.75, 3.05) is 17.4 Å². The van der Waals surface area contributed by atoms with E-state index < -0.39 is 0 Å². The van der Waals surface area contributed by atoms with E-state index in [9.17, 15) is 9.59 Å². The summed E-state index contributed by atoms with van der Waals surface area (Å²) in [5.41, 5.74) is 5.43. The number of anilines is 2. The normalized spacial score (nSPS) is 11.8. The maximum absolute atomic E-state index is 12.6. The van der Waals surface area contributed by atoms with Crippen LogP contribution in [0.2, 0.25) is 0 Å². The minimum atomic E-state index is -0.254. The van der Waals surface area contributed by atoms with E-state index in [-0.39, 0.29) is 18.6 Å². The molecule has 176 valence electrons. The highest BCUT2D eigenvalue weighted by molar-refractivity contribution is 6.04. The van der Waals surface area contributed by atoms with Crippen molar-refractivity contribution in [3.63, 3.8) is 0 Å². The summed E-state index contributed by atoms with van der Waals surface area (Å²) < 4.78 is 12.5. The first-order valence-electron chi connectivity index (χ1n) is 11.1. The first-order valence-corrected chi connectivity index (χ1v) is 11.1. The van der Waals surface area contributed by atoms with Gasteiger partial charge in [-0.25, -0.2) is 4.98 Å². The molecule has 2 N–H and O–H groups in total. The number of hydrogen-bond donors (Lipinski definition) is 2. The molecule has 2 amide bonds. The maximum Gasteiger partial charge on any atom is 0.275 e. The molecule has 8 nitrogen and oxygen atoms in total. The zero-order valence-electron chi connectivity index (χ0n) is 19.4. The Hall–Kier alpha value is -4.59. The number of ether oxygens (including phenoxy) is 2. The molecule has 35 heavy (non-hydrogen) atoms. The lowest BCUT2D eigenvalue weighted by Crippen LogP contribution is -2.12. The van der Waals surface area contributed by atoms with E-state index in [1.807, 2.05) is 54.8 Å². The topological polar surface area (TPSA) is 94.5 Å². The molecule has 4 aromatic rings. The third kappa shape index (κ3) is 5.16. The van der Waals surface area contributed by atoms with Crippen molar-refractivity contribution in [3.05, 3.63) is 101 Å². The van der Waals surface area contributed by atoms with Crippen LogP contribution in [0.25, 0.3) is 0 Å². The van der Waals surface area contributed by atoms with Gasteiger partial charge in [-0.2, -0.15) is 0 Å². The lowest BCUT2D eigenvalue weighted by molar-refractivity contribution is 0.101. The Morgan fingerprint density at radius 2 is 1.57 bits per heavy atom. The van der Waals surface area contributed by atoms with E-state index >= 15 is 0 Å². The molecule has 8 heteroatoms. The molecular formula is C27H24N4O4. The Bertz CT molecular complexity index is 1390. The van der Waals surface area contributed by atoms with Crippen molar-refractivity contribution >= 4 is 23.2 Å². The summed E-state index contributed by atoms with van der Waals surface area (Å²) in [6.45, 7) is 4.69. The van der Waals surface area contributed by atoms with Gasteiger partial charge in [-0.1, -0.05) is 18.2 Å². The fraction of sp³-hybridized carbons (Fsp3) is 0.148. The second kappa shape index (κ2) is 9.34. The maximum atomic E-state index is 12.6. The molecule has 1 aliphatic heterocycles. The minimum Gasteiger partial charge on any atom is -0.454 e. The Kier molecular flexibility index (Phi) is 5.93. The summed E-state index contributed by atoms with van der Waals surface area (Å²) in [5, 5.41) is 5.78. The van der Waals surface area contributed by atoms with Crippen molar-refractivity contribution in [2.24, 2.45) is 0 Å². The molecule has 0 radical (unpaired) electrons. The highest BCUT2D eigenvalue weighted by Crippen LogP contribution is 2.32. The lowest BCUT2D eigenvalue weighted by atomic mass is 10.1. The number of hydrogen-bond acceptors (Lipinski definition) is 5. The van der Waals surface area contributed by atoms with E-state index in [4.69, 9.17) is 9.47 Å². The second-order valence-corrected chi connectivity index (χ2v) is 8.48. The molecule has 3 aromatic carbocycles. The van der Waals surface area contributed by atoms with Crippen molar-refractivity contribution in [3.8, 4) is 11.5 Å². The third-order valence-corrected chi connectivity index (χ3v) is 5.56. The van der Waals surface area contributed by atoms with E-state index in [1.54, 1.807) is 30.7 Å². The van der Waals surface area contributed by atoms with Crippen LogP contribution >= 0.6 is 0 Å². The van der Waals surface area contributed by atoms with Gasteiger partial charge in [0.2, 0.25) is 6.79 Å². The average molecular weight is 469 g/mol. The Morgan fingerprint density at radius 3 is 2.34 bits per heavy atom. The predicted octanol–water partition coefficient (Wildman–Crippen LogP) is 4.78. The van der Waals surface area contributed by atoms with Crippen LogP contribution in [0.5, 0.6) is 11.5 Å². The van der Waals surface area contributed by atoms with Gasteiger partial charge in [-0.3, -0.25) is 9.59 Å². The number of fused-ring (bicyclic) bond motifs is 1. The van der Waals surface area contributed by atoms with Crippen molar-refractivity contribution in [1.29, 1.82) is 0 Å². The van der Waals surface area contributed by atoms with Gasteiger partial charge in [-0.05, 0) is 73.0 Å². The largest absolute Gasteiger partial charge is 0.454 e. The van der Waals surface area contributed by atoms with E-state index in [2.05, 4.69) is 21.7 Å². The van der Waals surface area contributed by atoms with Crippen LogP contribution in [0.3, 0.4) is 0 Å². The van der Waals surface area contributed by atoms with Gasteiger partial charge < -0.3 is 24.7 Å². The van der Waals surface area contributed by atoms with Gasteiger partial charge in [0.1, 0.15) is 5.69 Å². The second-order valence-electron chi connectivity index (χ2n) is 8.48. The number of carbonyl (C=O) groups is 2. The van der Waals surface area contributed by atoms with Crippen molar-refractivity contribution < 1.29 is 19.1 Å². The average Bonchev–Trinajstić information content (AvgIpc) is 3.48. The van der Waals surface area contributed by atoms with Crippen LogP contribution < -0.4 is 20.1 Å². The summed E-state index contributed by atoms with van der Waals surface area (Å²) in [7, 11) is 0. The van der Waals surface area contributed by atoms with Gasteiger partial charge >= 0.3 is 0 Å². The summed E-state index contributed by atoms with van der Waals surface area (Å²) in [6.07, 6.45) is 3.35. The zero-order valence-corrected chi connectivity index (χ0v) is 19.4. The van der Waals surface area contributed by atoms with Gasteiger partial charge in [0.15, 0.2) is 11.5 Å². The Balaban J connectivity index is 1.19. The predicted molar refractivity (Wildman–Crippen MR) is 132 cm³/mol. The lowest BCUT2D eigenvalue weighted by Gasteiger charge is -2.08. The molecule has 0 atom stereocenters. The van der Waals surface area contributed by atoms with Crippen molar-refractivity contribution in [1.82, 2.24) is 9.55 Å². The number of nitrogens with zero attached hydrogens (tertiary/aromatic N) is 2. The van der Waals surface area contributed by atoms with E-state index in [1.165, 1.54) is 0 Å². The number of aryl methyl sites for hydroxylation is 2. The standard InChI is InChI=1S/C27H24N4O4/c1-17-9-18(2)11-22(10-17)30-27(33)23-14-31(15-28-23)13-19-3-6-21(7-4-19)29-26(32)20-5-8-24-25(12-20)35-16-34-24/h3-12,14-15H,13,16H2,1-2H3,(H,29,32)(H,30,33). The smallest absolute Gasteiger partial charge is 0.275 e. The fourth-order valence-electron chi connectivity index (χ4n) is 3.95. The highest BCUT2D eigenvalue weighted by atomic mass is 16.7. The molecule has 0 aliphatic carbocycles. The number of carbonyl (C=O) groups excluding carboxylic acids is 2. The Labute approximate surface area is 202 Å². The minimum absolute atomic E-state index is 0.164. The van der Waals surface area contributed by atoms with Crippen LogP contribution in [-0.2, 0) is 6.54 Å². The summed E-state index contributed by atoms with van der Waals surface area (Å²) in [5.74, 6) is 0.715. The summed E-state index contributed by atoms with van der Waals surface area (Å²) >= 11 is 0. The molecule has 0 fully saturated rings. The number of benzene rings is 3. The molecule has 5 rings (SSSR count). The zero-order chi connectivity index (χ0) is 24.4. The van der Waals surface area contributed by atoms with Crippen LogP contribution in [-0.4, -0.2) is 28.2 Å². The SMILES string of the molecule is Cc1cc(C)cc(NC(=O)c2cn(Cc3ccc(NC(=O)c4ccc5c(c4)OCO5)cc3)cn2)c1. The molecule has 0 spiro atoms. The van der Waals surface area contributed by atoms with Gasteiger partial charge in [0.05, 0.1) is 6.33 Å². The first-order chi connectivity index (χ1) is 16.9. The van der Waals surface area contributed by atoms with Crippen molar-refractivity contribution in [2.45, 2.75) is 20.4 Å². The highest BCUT2D eigenvalue weighted by Gasteiger charge is 2.16. The first kappa shape index (κ1) is 22.2. The summed E-state index contributed by atoms with van der Waals surface area (Å²) in [6, 6.07) is 18.5. The third-order valence-electron chi connectivity index (χ3n) is 5.56. The molecule has 1 aliphatic rings. The monoisotopic (exact) mass is 468 g/mol. The molecule has 0 unspecified atom stereocenters. The van der Waals surface area contributed by atoms with Crippen LogP contribution in [0.1, 0.15) is 37.5 Å². The van der Waals surface area contributed by atoms with Gasteiger partial charge in [0.25, 0.3) is 11.8 Å². The summed E-state index contributed by atoms with van der Waals surface area (Å²) in [4.78, 5) is 29.4. The fourth-order valence-corrected chi connectivity index (χ4v) is 3.95. The van der Waals surface area contributed by atoms with Gasteiger partial charge in [-0.15, -0.1) is 0 Å². The van der Waals surface area contributed by atoms with Crippen LogP contribution in [0.4, 0.5) is 11.4 Å². The molecule has 1 aromatic heterocycles. The number of imidazole rings is 1. The molecule has 0 saturated carbocycles. The number of nitrogens with one attached hydrogen (secondary N) is 2. The quantitative estimate of drug-likeness (QED) is 0.425. The van der Waals surface area contributed by atoms with Crippen LogP contribution in [0.15, 0.2) is 73.2 Å². The molecule has 2 heterocycles. The number of amides is 2. The molecular weight excluding hydrogens is 444 g/mol. The van der Waals surface area contributed by atoms with Gasteiger partial charge in [0, 0.05) is 29.7 Å². The number of aromatic nitrogens is 2. The molecule has 0 bridgehead atoms. The van der Waals surface area contributed by atoms with Crippen LogP contribution in [0, 0.1) is 13.8 Å². The molecule has 0 saturated heterocycles.